The van der Waals surface area contributed by atoms with Gasteiger partial charge in [0.15, 0.2) is 0 Å². The van der Waals surface area contributed by atoms with Crippen molar-refractivity contribution in [2.75, 3.05) is 6.61 Å². The van der Waals surface area contributed by atoms with Crippen LogP contribution in [0.15, 0.2) is 12.1 Å². The number of rotatable bonds is 8. The van der Waals surface area contributed by atoms with Crippen LogP contribution in [0.2, 0.25) is 0 Å². The molecule has 0 aliphatic carbocycles. The van der Waals surface area contributed by atoms with Crippen molar-refractivity contribution in [2.45, 2.75) is 112 Å². The maximum atomic E-state index is 13.8. The molecule has 0 radical (unpaired) electrons. The van der Waals surface area contributed by atoms with E-state index in [1.165, 1.54) is 6.07 Å². The van der Waals surface area contributed by atoms with Gasteiger partial charge in [0.1, 0.15) is 11.4 Å². The summed E-state index contributed by atoms with van der Waals surface area (Å²) in [6, 6.07) is 3.23. The van der Waals surface area contributed by atoms with Crippen molar-refractivity contribution in [1.82, 2.24) is 0 Å². The van der Waals surface area contributed by atoms with Gasteiger partial charge < -0.3 is 14.4 Å². The molecule has 190 valence electrons. The Morgan fingerprint density at radius 1 is 0.879 bits per heavy atom. The number of phosphoric acid groups is 1. The molecule has 0 heterocycles. The highest BCUT2D eigenvalue weighted by atomic mass is 31.2. The fourth-order valence-electron chi connectivity index (χ4n) is 3.40. The van der Waals surface area contributed by atoms with Crippen LogP contribution in [0, 0.1) is 6.92 Å². The Bertz CT molecular complexity index is 864. The fourth-order valence-corrected chi connectivity index (χ4v) is 5.24. The Labute approximate surface area is 199 Å². The Morgan fingerprint density at radius 2 is 1.36 bits per heavy atom. The summed E-state index contributed by atoms with van der Waals surface area (Å²) in [5, 5.41) is 9.63. The highest BCUT2D eigenvalue weighted by molar-refractivity contribution is 7.49. The van der Waals surface area contributed by atoms with Gasteiger partial charge in [-0.2, -0.15) is 0 Å². The molecule has 7 nitrogen and oxygen atoms in total. The predicted octanol–water partition coefficient (Wildman–Crippen LogP) is 6.73. The summed E-state index contributed by atoms with van der Waals surface area (Å²) < 4.78 is 37.0. The number of phosphoric ester groups is 1. The second kappa shape index (κ2) is 10.1. The summed E-state index contributed by atoms with van der Waals surface area (Å²) in [6.07, 6.45) is 0.431. The Hall–Kier alpha value is -1.40. The lowest BCUT2D eigenvalue weighted by atomic mass is 9.78. The molecule has 0 amide bonds. The van der Waals surface area contributed by atoms with Gasteiger partial charge in [-0.1, -0.05) is 13.8 Å². The van der Waals surface area contributed by atoms with Gasteiger partial charge in [0.2, 0.25) is 0 Å². The molecule has 0 spiro atoms. The topological polar surface area (TPSA) is 91.3 Å². The summed E-state index contributed by atoms with van der Waals surface area (Å²) >= 11 is 0. The number of esters is 1. The molecule has 0 atom stereocenters. The van der Waals surface area contributed by atoms with Crippen LogP contribution in [-0.2, 0) is 23.8 Å². The summed E-state index contributed by atoms with van der Waals surface area (Å²) in [5.41, 5.74) is -1.16. The van der Waals surface area contributed by atoms with Crippen LogP contribution in [-0.4, -0.2) is 34.5 Å². The number of benzene rings is 1. The lowest BCUT2D eigenvalue weighted by molar-refractivity contribution is 0.00648. The molecule has 0 aliphatic heterocycles. The first-order valence-electron chi connectivity index (χ1n) is 11.3. The molecule has 1 rings (SSSR count). The molecule has 0 saturated carbocycles. The average molecular weight is 487 g/mol. The second-order valence-corrected chi connectivity index (χ2v) is 13.4. The number of carbonyl (C=O) groups excluding carboxylic acids is 1. The molecule has 0 aromatic heterocycles. The first kappa shape index (κ1) is 29.6. The van der Waals surface area contributed by atoms with E-state index in [4.69, 9.17) is 18.3 Å². The molecule has 1 N–H and O–H groups in total. The van der Waals surface area contributed by atoms with Crippen LogP contribution in [0.3, 0.4) is 0 Å². The zero-order valence-electron chi connectivity index (χ0n) is 22.4. The van der Waals surface area contributed by atoms with Crippen LogP contribution >= 0.6 is 7.82 Å². The molecule has 1 aromatic rings. The zero-order valence-corrected chi connectivity index (χ0v) is 23.3. The number of carbonyl (C=O) groups is 1. The van der Waals surface area contributed by atoms with Gasteiger partial charge in [-0.15, -0.1) is 0 Å². The van der Waals surface area contributed by atoms with Gasteiger partial charge in [0.25, 0.3) is 0 Å². The summed E-state index contributed by atoms with van der Waals surface area (Å²) in [5.74, 6) is -0.323. The van der Waals surface area contributed by atoms with Crippen LogP contribution in [0.1, 0.15) is 104 Å². The Morgan fingerprint density at radius 3 is 1.76 bits per heavy atom. The first-order valence-corrected chi connectivity index (χ1v) is 12.7. The molecule has 1 aromatic carbocycles. The standard InChI is InChI=1S/C25H43O7P/c1-17-15-18(21(27)29-22(2,3)4)16-19(20(17)25(11,12)13-14-26)30-33(28,31-23(5,6)7)32-24(8,9)10/h15-16,26H,13-14H2,1-12H3. The lowest BCUT2D eigenvalue weighted by Crippen LogP contribution is -2.27. The largest absolute Gasteiger partial charge is 0.531 e. The Kier molecular flexibility index (Phi) is 9.04. The maximum Gasteiger partial charge on any atom is 0.531 e. The van der Waals surface area contributed by atoms with Crippen LogP contribution < -0.4 is 4.52 Å². The molecule has 33 heavy (non-hydrogen) atoms. The summed E-state index contributed by atoms with van der Waals surface area (Å²) in [6.45, 7) is 21.6. The quantitative estimate of drug-likeness (QED) is 0.322. The monoisotopic (exact) mass is 486 g/mol. The normalized spacial score (nSPS) is 13.7. The van der Waals surface area contributed by atoms with Crippen LogP contribution in [0.25, 0.3) is 0 Å². The van der Waals surface area contributed by atoms with Crippen molar-refractivity contribution in [3.8, 4) is 5.75 Å². The molecule has 0 bridgehead atoms. The van der Waals surface area contributed by atoms with Gasteiger partial charge in [-0.05, 0) is 98.8 Å². The Balaban J connectivity index is 3.73. The van der Waals surface area contributed by atoms with Gasteiger partial charge in [-0.25, -0.2) is 9.36 Å². The van der Waals surface area contributed by atoms with Crippen molar-refractivity contribution >= 4 is 13.8 Å². The molecule has 8 heteroatoms. The highest BCUT2D eigenvalue weighted by Crippen LogP contribution is 2.57. The molecule has 0 unspecified atom stereocenters. The number of aliphatic hydroxyl groups excluding tert-OH is 1. The number of aliphatic hydroxyl groups is 1. The van der Waals surface area contributed by atoms with E-state index in [9.17, 15) is 14.5 Å². The van der Waals surface area contributed by atoms with E-state index in [-0.39, 0.29) is 17.9 Å². The predicted molar refractivity (Wildman–Crippen MR) is 131 cm³/mol. The first-order chi connectivity index (χ1) is 14.6. The minimum absolute atomic E-state index is 0.0473. The van der Waals surface area contributed by atoms with E-state index in [1.54, 1.807) is 68.4 Å². The third-order valence-electron chi connectivity index (χ3n) is 4.33. The number of hydrogen-bond acceptors (Lipinski definition) is 7. The molecular formula is C25H43O7P. The van der Waals surface area contributed by atoms with Gasteiger partial charge in [0.05, 0.1) is 16.8 Å². The van der Waals surface area contributed by atoms with E-state index in [1.807, 2.05) is 20.8 Å². The van der Waals surface area contributed by atoms with E-state index < -0.39 is 36.0 Å². The third-order valence-corrected chi connectivity index (χ3v) is 6.29. The van der Waals surface area contributed by atoms with E-state index in [0.29, 0.717) is 12.0 Å². The SMILES string of the molecule is Cc1cc(C(=O)OC(C)(C)C)cc(OP(=O)(OC(C)(C)C)OC(C)(C)C)c1C(C)(C)CCO. The van der Waals surface area contributed by atoms with Crippen molar-refractivity contribution in [3.05, 3.63) is 28.8 Å². The third kappa shape index (κ3) is 9.78. The summed E-state index contributed by atoms with van der Waals surface area (Å²) in [4.78, 5) is 12.8. The van der Waals surface area contributed by atoms with Crippen molar-refractivity contribution in [1.29, 1.82) is 0 Å². The van der Waals surface area contributed by atoms with Crippen molar-refractivity contribution in [3.63, 3.8) is 0 Å². The van der Waals surface area contributed by atoms with Crippen molar-refractivity contribution < 1.29 is 32.8 Å². The minimum atomic E-state index is -4.13. The number of hydrogen-bond donors (Lipinski definition) is 1. The molecule has 0 saturated heterocycles. The lowest BCUT2D eigenvalue weighted by Gasteiger charge is -2.34. The van der Waals surface area contributed by atoms with E-state index >= 15 is 0 Å². The fraction of sp³-hybridized carbons (Fsp3) is 0.720. The molecular weight excluding hydrogens is 443 g/mol. The smallest absolute Gasteiger partial charge is 0.456 e. The van der Waals surface area contributed by atoms with Crippen molar-refractivity contribution in [2.24, 2.45) is 0 Å². The molecule has 0 aliphatic rings. The van der Waals surface area contributed by atoms with Crippen LogP contribution in [0.4, 0.5) is 0 Å². The second-order valence-electron chi connectivity index (χ2n) is 12.0. The van der Waals surface area contributed by atoms with Crippen LogP contribution in [0.5, 0.6) is 5.75 Å². The van der Waals surface area contributed by atoms with E-state index in [0.717, 1.165) is 5.56 Å². The molecule has 0 fully saturated rings. The number of aryl methyl sites for hydroxylation is 1. The minimum Gasteiger partial charge on any atom is -0.456 e. The van der Waals surface area contributed by atoms with Gasteiger partial charge >= 0.3 is 13.8 Å². The van der Waals surface area contributed by atoms with E-state index in [2.05, 4.69) is 0 Å². The zero-order chi connectivity index (χ0) is 26.0. The average Bonchev–Trinajstić information content (AvgIpc) is 2.47. The van der Waals surface area contributed by atoms with Gasteiger partial charge in [-0.3, -0.25) is 9.05 Å². The number of ether oxygens (including phenoxy) is 1. The van der Waals surface area contributed by atoms with Gasteiger partial charge in [0, 0.05) is 12.2 Å². The summed E-state index contributed by atoms with van der Waals surface area (Å²) in [7, 11) is -4.13. The maximum absolute atomic E-state index is 13.8. The highest BCUT2D eigenvalue weighted by Gasteiger charge is 2.41.